The zero-order valence-corrected chi connectivity index (χ0v) is 12.8. The second-order valence-electron chi connectivity index (χ2n) is 6.41. The zero-order valence-electron chi connectivity index (χ0n) is 12.8. The summed E-state index contributed by atoms with van der Waals surface area (Å²) < 4.78 is 0. The minimum atomic E-state index is -1.01. The molecule has 0 aliphatic carbocycles. The largest absolute Gasteiger partial charge is 0.478 e. The molecule has 0 aromatic carbocycles. The quantitative estimate of drug-likeness (QED) is 0.772. The molecule has 0 fully saturated rings. The third kappa shape index (κ3) is 4.81. The van der Waals surface area contributed by atoms with Gasteiger partial charge in [-0.15, -0.1) is 0 Å². The van der Waals surface area contributed by atoms with Crippen LogP contribution in [0.2, 0.25) is 0 Å². The van der Waals surface area contributed by atoms with Crippen molar-refractivity contribution >= 4 is 11.8 Å². The summed E-state index contributed by atoms with van der Waals surface area (Å²) in [5.41, 5.74) is 1.60. The van der Waals surface area contributed by atoms with Crippen molar-refractivity contribution in [3.8, 4) is 0 Å². The van der Waals surface area contributed by atoms with Gasteiger partial charge in [0, 0.05) is 12.2 Å². The van der Waals surface area contributed by atoms with E-state index in [9.17, 15) is 15.0 Å². The van der Waals surface area contributed by atoms with Crippen LogP contribution in [0, 0.1) is 19.3 Å². The van der Waals surface area contributed by atoms with Crippen LogP contribution in [-0.2, 0) is 0 Å². The van der Waals surface area contributed by atoms with Gasteiger partial charge in [0.05, 0.1) is 6.10 Å². The van der Waals surface area contributed by atoms with Gasteiger partial charge in [0.15, 0.2) is 0 Å². The van der Waals surface area contributed by atoms with Crippen LogP contribution in [0.25, 0.3) is 0 Å². The van der Waals surface area contributed by atoms with Crippen molar-refractivity contribution in [1.82, 2.24) is 4.98 Å². The molecule has 0 aliphatic heterocycles. The molecule has 3 N–H and O–H groups in total. The van der Waals surface area contributed by atoms with Gasteiger partial charge in [0.2, 0.25) is 0 Å². The van der Waals surface area contributed by atoms with E-state index < -0.39 is 12.1 Å². The minimum absolute atomic E-state index is 0.0205. The van der Waals surface area contributed by atoms with E-state index in [4.69, 9.17) is 0 Å². The van der Waals surface area contributed by atoms with Crippen LogP contribution in [0.5, 0.6) is 0 Å². The number of rotatable bonds is 5. The van der Waals surface area contributed by atoms with Gasteiger partial charge in [0.1, 0.15) is 11.4 Å². The van der Waals surface area contributed by atoms with Gasteiger partial charge >= 0.3 is 5.97 Å². The van der Waals surface area contributed by atoms with Gasteiger partial charge < -0.3 is 15.5 Å². The number of nitrogens with one attached hydrogen (secondary N) is 1. The summed E-state index contributed by atoms with van der Waals surface area (Å²) in [6, 6.07) is 1.74. The maximum atomic E-state index is 11.3. The first-order chi connectivity index (χ1) is 9.10. The van der Waals surface area contributed by atoms with Crippen molar-refractivity contribution in [2.45, 2.75) is 47.1 Å². The molecule has 0 amide bonds. The number of aliphatic hydroxyl groups excluding tert-OH is 1. The summed E-state index contributed by atoms with van der Waals surface area (Å²) in [5, 5.41) is 22.2. The molecule has 1 rings (SSSR count). The molecule has 1 unspecified atom stereocenters. The molecule has 1 aromatic rings. The van der Waals surface area contributed by atoms with Crippen molar-refractivity contribution in [1.29, 1.82) is 0 Å². The first-order valence-corrected chi connectivity index (χ1v) is 6.73. The van der Waals surface area contributed by atoms with Gasteiger partial charge in [-0.1, -0.05) is 20.8 Å². The highest BCUT2D eigenvalue weighted by atomic mass is 16.4. The lowest BCUT2D eigenvalue weighted by molar-refractivity contribution is 0.0696. The fraction of sp³-hybridized carbons (Fsp3) is 0.600. The Labute approximate surface area is 120 Å². The molecule has 1 heterocycles. The minimum Gasteiger partial charge on any atom is -0.478 e. The second-order valence-corrected chi connectivity index (χ2v) is 6.41. The fourth-order valence-electron chi connectivity index (χ4n) is 2.23. The number of aromatic nitrogens is 1. The molecule has 112 valence electrons. The number of anilines is 1. The van der Waals surface area contributed by atoms with Gasteiger partial charge in [-0.3, -0.25) is 0 Å². The van der Waals surface area contributed by atoms with Crippen molar-refractivity contribution in [3.63, 3.8) is 0 Å². The molecular weight excluding hydrogens is 256 g/mol. The molecule has 5 heteroatoms. The Balaban J connectivity index is 2.85. The summed E-state index contributed by atoms with van der Waals surface area (Å²) >= 11 is 0. The molecule has 0 saturated carbocycles. The number of hydrogen-bond acceptors (Lipinski definition) is 4. The average molecular weight is 280 g/mol. The maximum absolute atomic E-state index is 11.3. The molecule has 1 atom stereocenters. The molecule has 0 spiro atoms. The van der Waals surface area contributed by atoms with Crippen LogP contribution in [0.15, 0.2) is 6.07 Å². The molecule has 5 nitrogen and oxygen atoms in total. The number of nitrogens with zero attached hydrogens (tertiary/aromatic N) is 1. The van der Waals surface area contributed by atoms with E-state index in [0.717, 1.165) is 5.69 Å². The third-order valence-electron chi connectivity index (χ3n) is 2.91. The Morgan fingerprint density at radius 2 is 2.00 bits per heavy atom. The van der Waals surface area contributed by atoms with E-state index in [1.807, 2.05) is 27.7 Å². The lowest BCUT2D eigenvalue weighted by Gasteiger charge is -2.23. The summed E-state index contributed by atoms with van der Waals surface area (Å²) in [7, 11) is 0. The predicted octanol–water partition coefficient (Wildman–Crippen LogP) is 2.61. The van der Waals surface area contributed by atoms with E-state index in [2.05, 4.69) is 10.3 Å². The molecule has 0 bridgehead atoms. The summed E-state index contributed by atoms with van der Waals surface area (Å²) in [5.74, 6) is -0.689. The summed E-state index contributed by atoms with van der Waals surface area (Å²) in [4.78, 5) is 15.5. The van der Waals surface area contributed by atoms with E-state index in [1.54, 1.807) is 13.0 Å². The number of hydrogen-bond donors (Lipinski definition) is 3. The zero-order chi connectivity index (χ0) is 15.5. The summed E-state index contributed by atoms with van der Waals surface area (Å²) in [6.45, 7) is 9.99. The normalized spacial score (nSPS) is 13.1. The first-order valence-electron chi connectivity index (χ1n) is 6.73. The second kappa shape index (κ2) is 6.22. The van der Waals surface area contributed by atoms with Crippen molar-refractivity contribution in [2.24, 2.45) is 5.41 Å². The predicted molar refractivity (Wildman–Crippen MR) is 79.2 cm³/mol. The number of pyridine rings is 1. The molecule has 0 aliphatic rings. The Hall–Kier alpha value is -1.62. The average Bonchev–Trinajstić information content (AvgIpc) is 2.22. The number of aliphatic hydroxyl groups is 1. The SMILES string of the molecule is Cc1cc(C)c(C(=O)O)c(NCC(O)CC(C)(C)C)n1. The highest BCUT2D eigenvalue weighted by Crippen LogP contribution is 2.22. The van der Waals surface area contributed by atoms with E-state index in [1.165, 1.54) is 0 Å². The number of aryl methyl sites for hydroxylation is 2. The van der Waals surface area contributed by atoms with Gasteiger partial charge in [-0.05, 0) is 37.3 Å². The van der Waals surface area contributed by atoms with Gasteiger partial charge in [-0.2, -0.15) is 0 Å². The Morgan fingerprint density at radius 3 is 2.50 bits per heavy atom. The molecular formula is C15H24N2O3. The van der Waals surface area contributed by atoms with Crippen LogP contribution in [-0.4, -0.2) is 33.8 Å². The lowest BCUT2D eigenvalue weighted by Crippen LogP contribution is -2.26. The van der Waals surface area contributed by atoms with Crippen molar-refractivity contribution < 1.29 is 15.0 Å². The number of aromatic carboxylic acids is 1. The van der Waals surface area contributed by atoms with E-state index >= 15 is 0 Å². The molecule has 0 saturated heterocycles. The van der Waals surface area contributed by atoms with Crippen LogP contribution < -0.4 is 5.32 Å². The van der Waals surface area contributed by atoms with Crippen LogP contribution in [0.3, 0.4) is 0 Å². The highest BCUT2D eigenvalue weighted by Gasteiger charge is 2.19. The number of carboxylic acids is 1. The molecule has 20 heavy (non-hydrogen) atoms. The van der Waals surface area contributed by atoms with Gasteiger partial charge in [-0.25, -0.2) is 9.78 Å². The Kier molecular flexibility index (Phi) is 5.11. The van der Waals surface area contributed by atoms with Crippen LogP contribution in [0.1, 0.15) is 48.8 Å². The van der Waals surface area contributed by atoms with Crippen molar-refractivity contribution in [3.05, 3.63) is 22.9 Å². The fourth-order valence-corrected chi connectivity index (χ4v) is 2.23. The summed E-state index contributed by atoms with van der Waals surface area (Å²) in [6.07, 6.45) is 0.0898. The highest BCUT2D eigenvalue weighted by molar-refractivity contribution is 5.94. The first kappa shape index (κ1) is 16.4. The van der Waals surface area contributed by atoms with Crippen LogP contribution in [0.4, 0.5) is 5.82 Å². The Bertz CT molecular complexity index is 493. The van der Waals surface area contributed by atoms with Gasteiger partial charge in [0.25, 0.3) is 0 Å². The maximum Gasteiger partial charge on any atom is 0.339 e. The van der Waals surface area contributed by atoms with Crippen LogP contribution >= 0.6 is 0 Å². The topological polar surface area (TPSA) is 82.5 Å². The lowest BCUT2D eigenvalue weighted by atomic mass is 9.89. The standard InChI is InChI=1S/C15H24N2O3/c1-9-6-10(2)17-13(12(9)14(19)20)16-8-11(18)7-15(3,4)5/h6,11,18H,7-8H2,1-5H3,(H,16,17)(H,19,20). The molecule has 0 radical (unpaired) electrons. The van der Waals surface area contributed by atoms with E-state index in [-0.39, 0.29) is 17.5 Å². The third-order valence-corrected chi connectivity index (χ3v) is 2.91. The monoisotopic (exact) mass is 280 g/mol. The number of carbonyl (C=O) groups is 1. The smallest absolute Gasteiger partial charge is 0.339 e. The number of carboxylic acid groups (broad SMARTS) is 1. The van der Waals surface area contributed by atoms with E-state index in [0.29, 0.717) is 17.8 Å². The molecule has 1 aromatic heterocycles. The van der Waals surface area contributed by atoms with Crippen molar-refractivity contribution in [2.75, 3.05) is 11.9 Å². The Morgan fingerprint density at radius 1 is 1.40 bits per heavy atom.